The summed E-state index contributed by atoms with van der Waals surface area (Å²) in [7, 11) is 0. The molecule has 0 saturated heterocycles. The Bertz CT molecular complexity index is 778. The summed E-state index contributed by atoms with van der Waals surface area (Å²) in [6, 6.07) is 21.5. The lowest BCUT2D eigenvalue weighted by Gasteiger charge is -2.18. The molecule has 192 valence electrons. The molecule has 2 aromatic rings. The molecule has 0 atom stereocenters. The van der Waals surface area contributed by atoms with Crippen molar-refractivity contribution in [3.63, 3.8) is 0 Å². The van der Waals surface area contributed by atoms with Crippen molar-refractivity contribution in [3.05, 3.63) is 71.8 Å². The average Bonchev–Trinajstić information content (AvgIpc) is 2.90. The van der Waals surface area contributed by atoms with Crippen LogP contribution in [0.15, 0.2) is 60.7 Å². The molecule has 7 heteroatoms. The minimum absolute atomic E-state index is 0.0160. The van der Waals surface area contributed by atoms with Gasteiger partial charge in [0.05, 0.1) is 0 Å². The van der Waals surface area contributed by atoms with Gasteiger partial charge < -0.3 is 16.0 Å². The van der Waals surface area contributed by atoms with E-state index < -0.39 is 5.91 Å². The van der Waals surface area contributed by atoms with E-state index in [2.05, 4.69) is 76.6 Å². The Morgan fingerprint density at radius 1 is 0.629 bits per heavy atom. The molecule has 0 aromatic heterocycles. The Hall–Kier alpha value is -2.74. The van der Waals surface area contributed by atoms with Crippen molar-refractivity contribution in [2.24, 2.45) is 0 Å². The van der Waals surface area contributed by atoms with Gasteiger partial charge in [-0.15, -0.1) is 0 Å². The third kappa shape index (κ3) is 13.1. The molecule has 35 heavy (non-hydrogen) atoms. The van der Waals surface area contributed by atoms with Crippen LogP contribution in [-0.2, 0) is 9.59 Å². The van der Waals surface area contributed by atoms with Crippen molar-refractivity contribution in [2.45, 2.75) is 57.3 Å². The summed E-state index contributed by atoms with van der Waals surface area (Å²) in [4.78, 5) is 22.6. The second-order valence-corrected chi connectivity index (χ2v) is 8.82. The summed E-state index contributed by atoms with van der Waals surface area (Å²) < 4.78 is 0. The Kier molecular flexibility index (Phi) is 15.1. The minimum atomic E-state index is -0.410. The fourth-order valence-electron chi connectivity index (χ4n) is 4.05. The first-order valence-corrected chi connectivity index (χ1v) is 12.9. The molecular formula is C28H42N4O3. The number of hydrogen-bond acceptors (Lipinski definition) is 5. The van der Waals surface area contributed by atoms with E-state index in [9.17, 15) is 9.59 Å². The van der Waals surface area contributed by atoms with Crippen LogP contribution in [0.1, 0.15) is 68.4 Å². The molecule has 0 unspecified atom stereocenters. The highest BCUT2D eigenvalue weighted by molar-refractivity contribution is 5.76. The molecule has 0 spiro atoms. The van der Waals surface area contributed by atoms with Gasteiger partial charge in [-0.1, -0.05) is 60.7 Å². The average molecular weight is 483 g/mol. The molecule has 0 aliphatic rings. The van der Waals surface area contributed by atoms with Crippen molar-refractivity contribution in [1.82, 2.24) is 21.4 Å². The second kappa shape index (κ2) is 18.6. The molecular weight excluding hydrogens is 440 g/mol. The highest BCUT2D eigenvalue weighted by atomic mass is 16.5. The first-order chi connectivity index (χ1) is 17.2. The summed E-state index contributed by atoms with van der Waals surface area (Å²) in [5, 5.41) is 18.4. The third-order valence-corrected chi connectivity index (χ3v) is 6.01. The maximum atomic E-state index is 11.7. The van der Waals surface area contributed by atoms with Gasteiger partial charge in [0.25, 0.3) is 0 Å². The van der Waals surface area contributed by atoms with E-state index in [-0.39, 0.29) is 12.3 Å². The highest BCUT2D eigenvalue weighted by Crippen LogP contribution is 2.27. The van der Waals surface area contributed by atoms with Gasteiger partial charge in [-0.2, -0.15) is 0 Å². The predicted octanol–water partition coefficient (Wildman–Crippen LogP) is 3.74. The van der Waals surface area contributed by atoms with Crippen LogP contribution >= 0.6 is 0 Å². The van der Waals surface area contributed by atoms with Gasteiger partial charge in [0.15, 0.2) is 0 Å². The Morgan fingerprint density at radius 2 is 1.14 bits per heavy atom. The van der Waals surface area contributed by atoms with E-state index in [4.69, 9.17) is 5.21 Å². The fourth-order valence-corrected chi connectivity index (χ4v) is 4.05. The number of carbonyl (C=O) groups is 2. The fraction of sp³-hybridized carbons (Fsp3) is 0.500. The predicted molar refractivity (Wildman–Crippen MR) is 140 cm³/mol. The van der Waals surface area contributed by atoms with Gasteiger partial charge in [0.2, 0.25) is 11.8 Å². The molecule has 0 radical (unpaired) electrons. The van der Waals surface area contributed by atoms with Crippen molar-refractivity contribution in [1.29, 1.82) is 0 Å². The van der Waals surface area contributed by atoms with Gasteiger partial charge in [-0.05, 0) is 75.8 Å². The SMILES string of the molecule is O=C(CCCCC(=O)NCCCNCCCCNCCC(c1ccccc1)c1ccccc1)NO. The van der Waals surface area contributed by atoms with E-state index in [0.29, 0.717) is 31.7 Å². The van der Waals surface area contributed by atoms with Crippen LogP contribution in [0.3, 0.4) is 0 Å². The van der Waals surface area contributed by atoms with Crippen LogP contribution in [0.4, 0.5) is 0 Å². The summed E-state index contributed by atoms with van der Waals surface area (Å²) in [5.41, 5.74) is 4.33. The van der Waals surface area contributed by atoms with Crippen LogP contribution in [0.2, 0.25) is 0 Å². The second-order valence-electron chi connectivity index (χ2n) is 8.82. The van der Waals surface area contributed by atoms with Crippen LogP contribution in [0.25, 0.3) is 0 Å². The number of nitrogens with one attached hydrogen (secondary N) is 4. The molecule has 0 aliphatic heterocycles. The van der Waals surface area contributed by atoms with Crippen molar-refractivity contribution in [2.75, 3.05) is 32.7 Å². The summed E-state index contributed by atoms with van der Waals surface area (Å²) in [5.74, 6) is 0.0223. The lowest BCUT2D eigenvalue weighted by Crippen LogP contribution is -2.27. The van der Waals surface area contributed by atoms with Gasteiger partial charge in [0.1, 0.15) is 0 Å². The smallest absolute Gasteiger partial charge is 0.243 e. The highest BCUT2D eigenvalue weighted by Gasteiger charge is 2.13. The van der Waals surface area contributed by atoms with E-state index in [1.807, 2.05) is 0 Å². The molecule has 0 aliphatic carbocycles. The summed E-state index contributed by atoms with van der Waals surface area (Å²) in [6.45, 7) is 4.55. The Morgan fingerprint density at radius 3 is 1.71 bits per heavy atom. The van der Waals surface area contributed by atoms with E-state index in [1.54, 1.807) is 5.48 Å². The van der Waals surface area contributed by atoms with Crippen LogP contribution in [0.5, 0.6) is 0 Å². The number of hydrogen-bond donors (Lipinski definition) is 5. The molecule has 0 bridgehead atoms. The molecule has 0 fully saturated rings. The maximum Gasteiger partial charge on any atom is 0.243 e. The number of rotatable bonds is 19. The molecule has 7 nitrogen and oxygen atoms in total. The number of carbonyl (C=O) groups excluding carboxylic acids is 2. The van der Waals surface area contributed by atoms with Gasteiger partial charge in [-0.25, -0.2) is 5.48 Å². The van der Waals surface area contributed by atoms with E-state index in [1.165, 1.54) is 11.1 Å². The van der Waals surface area contributed by atoms with Crippen molar-refractivity contribution in [3.8, 4) is 0 Å². The number of hydroxylamine groups is 1. The first-order valence-electron chi connectivity index (χ1n) is 12.9. The standard InChI is InChI=1S/C28H42N4O3/c33-27(16-7-8-17-28(34)32-35)31-22-11-21-29-19-9-10-20-30-23-18-26(24-12-3-1-4-13-24)25-14-5-2-6-15-25/h1-6,12-15,26,29-30,35H,7-11,16-23H2,(H,31,33)(H,32,34). The zero-order valence-electron chi connectivity index (χ0n) is 20.8. The van der Waals surface area contributed by atoms with Crippen molar-refractivity contribution < 1.29 is 14.8 Å². The number of benzene rings is 2. The van der Waals surface area contributed by atoms with Crippen LogP contribution in [-0.4, -0.2) is 49.7 Å². The molecule has 2 amide bonds. The molecule has 0 heterocycles. The van der Waals surface area contributed by atoms with Gasteiger partial charge in [0, 0.05) is 25.3 Å². The summed E-state index contributed by atoms with van der Waals surface area (Å²) in [6.07, 6.45) is 6.14. The minimum Gasteiger partial charge on any atom is -0.356 e. The zero-order valence-corrected chi connectivity index (χ0v) is 20.8. The van der Waals surface area contributed by atoms with E-state index in [0.717, 1.165) is 51.9 Å². The molecule has 2 rings (SSSR count). The largest absolute Gasteiger partial charge is 0.356 e. The van der Waals surface area contributed by atoms with E-state index >= 15 is 0 Å². The monoisotopic (exact) mass is 482 g/mol. The third-order valence-electron chi connectivity index (χ3n) is 6.01. The lowest BCUT2D eigenvalue weighted by molar-refractivity contribution is -0.129. The normalized spacial score (nSPS) is 10.9. The van der Waals surface area contributed by atoms with Crippen LogP contribution in [0, 0.1) is 0 Å². The number of amides is 2. The zero-order chi connectivity index (χ0) is 25.0. The first kappa shape index (κ1) is 28.5. The Labute approximate surface area is 210 Å². The van der Waals surface area contributed by atoms with Crippen molar-refractivity contribution >= 4 is 11.8 Å². The molecule has 5 N–H and O–H groups in total. The quantitative estimate of drug-likeness (QED) is 0.119. The summed E-state index contributed by atoms with van der Waals surface area (Å²) >= 11 is 0. The molecule has 0 saturated carbocycles. The topological polar surface area (TPSA) is 102 Å². The van der Waals surface area contributed by atoms with Gasteiger partial charge in [-0.3, -0.25) is 14.8 Å². The molecule has 2 aromatic carbocycles. The number of unbranched alkanes of at least 4 members (excludes halogenated alkanes) is 2. The Balaban J connectivity index is 1.44. The van der Waals surface area contributed by atoms with Gasteiger partial charge >= 0.3 is 0 Å². The lowest BCUT2D eigenvalue weighted by atomic mass is 9.88. The van der Waals surface area contributed by atoms with Crippen LogP contribution < -0.4 is 21.4 Å². The maximum absolute atomic E-state index is 11.7.